The van der Waals surface area contributed by atoms with Gasteiger partial charge in [0.25, 0.3) is 0 Å². The fraction of sp³-hybridized carbons (Fsp3) is 0.667. The molecule has 1 aliphatic heterocycles. The van der Waals surface area contributed by atoms with E-state index in [0.717, 1.165) is 38.0 Å². The number of nitrogens with one attached hydrogen (secondary N) is 1. The van der Waals surface area contributed by atoms with Crippen LogP contribution in [-0.2, 0) is 4.79 Å². The van der Waals surface area contributed by atoms with Gasteiger partial charge in [0.2, 0.25) is 5.91 Å². The van der Waals surface area contributed by atoms with Gasteiger partial charge in [0.15, 0.2) is 0 Å². The van der Waals surface area contributed by atoms with Gasteiger partial charge in [-0.05, 0) is 53.0 Å². The fourth-order valence-electron chi connectivity index (χ4n) is 2.32. The summed E-state index contributed by atoms with van der Waals surface area (Å²) in [5.74, 6) is 0.0506. The predicted molar refractivity (Wildman–Crippen MR) is 79.9 cm³/mol. The van der Waals surface area contributed by atoms with Crippen LogP contribution in [0, 0.1) is 0 Å². The van der Waals surface area contributed by atoms with E-state index in [0.29, 0.717) is 6.04 Å². The van der Waals surface area contributed by atoms with Crippen LogP contribution in [0.5, 0.6) is 0 Å². The van der Waals surface area contributed by atoms with E-state index in [2.05, 4.69) is 27.8 Å². The van der Waals surface area contributed by atoms with Gasteiger partial charge in [0.05, 0.1) is 0 Å². The third-order valence-corrected chi connectivity index (χ3v) is 3.44. The quantitative estimate of drug-likeness (QED) is 0.561. The molecule has 0 aromatic carbocycles. The highest BCUT2D eigenvalue weighted by molar-refractivity contribution is 5.92. The van der Waals surface area contributed by atoms with Crippen molar-refractivity contribution in [2.24, 2.45) is 0 Å². The van der Waals surface area contributed by atoms with Gasteiger partial charge in [-0.1, -0.05) is 12.7 Å². The molecule has 0 aromatic rings. The lowest BCUT2D eigenvalue weighted by molar-refractivity contribution is -0.117. The van der Waals surface area contributed by atoms with Crippen LogP contribution in [-0.4, -0.2) is 55.5 Å². The standard InChI is InChI=1S/C15H27N3O/c1-5-18-11-6-8-14(18)12-13(2)15(19)16-9-7-10-17(3)4/h5,12,14H,1,6-11H2,2-4H3,(H,16,19). The van der Waals surface area contributed by atoms with Gasteiger partial charge >= 0.3 is 0 Å². The van der Waals surface area contributed by atoms with Crippen LogP contribution in [0.3, 0.4) is 0 Å². The molecule has 1 amide bonds. The van der Waals surface area contributed by atoms with E-state index in [1.54, 1.807) is 0 Å². The number of likely N-dealkylation sites (tertiary alicyclic amines) is 1. The molecule has 1 aliphatic rings. The van der Waals surface area contributed by atoms with E-state index < -0.39 is 0 Å². The predicted octanol–water partition coefficient (Wildman–Crippen LogP) is 1.61. The number of nitrogens with zero attached hydrogens (tertiary/aromatic N) is 2. The maximum Gasteiger partial charge on any atom is 0.246 e. The Bertz CT molecular complexity index is 336. The van der Waals surface area contributed by atoms with Gasteiger partial charge in [-0.2, -0.15) is 0 Å². The lowest BCUT2D eigenvalue weighted by Crippen LogP contribution is -2.29. The summed E-state index contributed by atoms with van der Waals surface area (Å²) in [7, 11) is 4.08. The molecule has 1 saturated heterocycles. The molecule has 0 aromatic heterocycles. The third-order valence-electron chi connectivity index (χ3n) is 3.44. The Morgan fingerprint density at radius 2 is 2.26 bits per heavy atom. The van der Waals surface area contributed by atoms with E-state index in [-0.39, 0.29) is 5.91 Å². The normalized spacial score (nSPS) is 19.9. The van der Waals surface area contributed by atoms with Crippen molar-refractivity contribution >= 4 is 5.91 Å². The van der Waals surface area contributed by atoms with Gasteiger partial charge in [-0.15, -0.1) is 0 Å². The Morgan fingerprint density at radius 3 is 2.89 bits per heavy atom. The SMILES string of the molecule is C=CN1CCCC1C=C(C)C(=O)NCCCN(C)C. The highest BCUT2D eigenvalue weighted by Gasteiger charge is 2.20. The van der Waals surface area contributed by atoms with Gasteiger partial charge in [-0.25, -0.2) is 0 Å². The minimum atomic E-state index is 0.0506. The van der Waals surface area contributed by atoms with E-state index in [9.17, 15) is 4.79 Å². The number of carbonyl (C=O) groups excluding carboxylic acids is 1. The first-order valence-corrected chi connectivity index (χ1v) is 7.04. The summed E-state index contributed by atoms with van der Waals surface area (Å²) < 4.78 is 0. The first kappa shape index (κ1) is 15.8. The molecule has 19 heavy (non-hydrogen) atoms. The summed E-state index contributed by atoms with van der Waals surface area (Å²) in [5.41, 5.74) is 0.809. The molecule has 0 aliphatic carbocycles. The molecule has 1 N–H and O–H groups in total. The van der Waals surface area contributed by atoms with Gasteiger partial charge in [0, 0.05) is 24.7 Å². The molecule has 0 saturated carbocycles. The summed E-state index contributed by atoms with van der Waals surface area (Å²) in [6.07, 6.45) is 7.20. The van der Waals surface area contributed by atoms with Crippen LogP contribution in [0.1, 0.15) is 26.2 Å². The molecular formula is C15H27N3O. The summed E-state index contributed by atoms with van der Waals surface area (Å²) in [4.78, 5) is 16.3. The molecule has 4 nitrogen and oxygen atoms in total. The summed E-state index contributed by atoms with van der Waals surface area (Å²) in [6.45, 7) is 8.48. The highest BCUT2D eigenvalue weighted by atomic mass is 16.1. The lowest BCUT2D eigenvalue weighted by atomic mass is 10.1. The first-order chi connectivity index (χ1) is 9.04. The van der Waals surface area contributed by atoms with Crippen LogP contribution in [0.4, 0.5) is 0 Å². The maximum absolute atomic E-state index is 11.9. The van der Waals surface area contributed by atoms with E-state index >= 15 is 0 Å². The Labute approximate surface area is 117 Å². The molecule has 108 valence electrons. The average molecular weight is 265 g/mol. The van der Waals surface area contributed by atoms with Gasteiger partial charge in [0.1, 0.15) is 0 Å². The molecular weight excluding hydrogens is 238 g/mol. The molecule has 0 bridgehead atoms. The van der Waals surface area contributed by atoms with Crippen LogP contribution in [0.25, 0.3) is 0 Å². The second-order valence-electron chi connectivity index (χ2n) is 5.39. The number of rotatable bonds is 7. The first-order valence-electron chi connectivity index (χ1n) is 7.04. The van der Waals surface area contributed by atoms with E-state index in [1.165, 1.54) is 6.42 Å². The van der Waals surface area contributed by atoms with Crippen LogP contribution in [0.2, 0.25) is 0 Å². The van der Waals surface area contributed by atoms with Crippen LogP contribution < -0.4 is 5.32 Å². The van der Waals surface area contributed by atoms with Crippen LogP contribution >= 0.6 is 0 Å². The largest absolute Gasteiger partial charge is 0.372 e. The zero-order valence-corrected chi connectivity index (χ0v) is 12.5. The monoisotopic (exact) mass is 265 g/mol. The minimum absolute atomic E-state index is 0.0506. The Balaban J connectivity index is 2.36. The fourth-order valence-corrected chi connectivity index (χ4v) is 2.32. The summed E-state index contributed by atoms with van der Waals surface area (Å²) in [6, 6.07) is 0.338. The molecule has 0 radical (unpaired) electrons. The molecule has 1 atom stereocenters. The lowest BCUT2D eigenvalue weighted by Gasteiger charge is -2.19. The van der Waals surface area contributed by atoms with Crippen molar-refractivity contribution in [1.82, 2.24) is 15.1 Å². The number of carbonyl (C=O) groups is 1. The Kier molecular flexibility index (Phi) is 6.64. The van der Waals surface area contributed by atoms with E-state index in [1.807, 2.05) is 27.2 Å². The zero-order chi connectivity index (χ0) is 14.3. The Morgan fingerprint density at radius 1 is 1.53 bits per heavy atom. The van der Waals surface area contributed by atoms with Gasteiger partial charge in [-0.3, -0.25) is 4.79 Å². The van der Waals surface area contributed by atoms with E-state index in [4.69, 9.17) is 0 Å². The number of amides is 1. The molecule has 1 rings (SSSR count). The smallest absolute Gasteiger partial charge is 0.246 e. The molecule has 0 spiro atoms. The minimum Gasteiger partial charge on any atom is -0.372 e. The van der Waals surface area contributed by atoms with Gasteiger partial charge < -0.3 is 15.1 Å². The topological polar surface area (TPSA) is 35.6 Å². The average Bonchev–Trinajstić information content (AvgIpc) is 2.81. The van der Waals surface area contributed by atoms with Crippen LogP contribution in [0.15, 0.2) is 24.4 Å². The zero-order valence-electron chi connectivity index (χ0n) is 12.5. The van der Waals surface area contributed by atoms with Crippen molar-refractivity contribution in [3.8, 4) is 0 Å². The maximum atomic E-state index is 11.9. The van der Waals surface area contributed by atoms with Crippen molar-refractivity contribution in [2.75, 3.05) is 33.7 Å². The van der Waals surface area contributed by atoms with Crippen molar-refractivity contribution in [3.05, 3.63) is 24.4 Å². The van der Waals surface area contributed by atoms with Crippen molar-refractivity contribution in [1.29, 1.82) is 0 Å². The highest BCUT2D eigenvalue weighted by Crippen LogP contribution is 2.19. The molecule has 1 fully saturated rings. The van der Waals surface area contributed by atoms with Crippen molar-refractivity contribution in [2.45, 2.75) is 32.2 Å². The second-order valence-corrected chi connectivity index (χ2v) is 5.39. The summed E-state index contributed by atoms with van der Waals surface area (Å²) >= 11 is 0. The second kappa shape index (κ2) is 8.00. The number of hydrogen-bond acceptors (Lipinski definition) is 3. The summed E-state index contributed by atoms with van der Waals surface area (Å²) in [5, 5.41) is 2.97. The molecule has 4 heteroatoms. The van der Waals surface area contributed by atoms with Crippen molar-refractivity contribution < 1.29 is 4.79 Å². The molecule has 1 heterocycles. The third kappa shape index (κ3) is 5.47. The molecule has 1 unspecified atom stereocenters. The Hall–Kier alpha value is -1.29. The van der Waals surface area contributed by atoms with Crippen molar-refractivity contribution in [3.63, 3.8) is 0 Å². The number of hydrogen-bond donors (Lipinski definition) is 1.